The van der Waals surface area contributed by atoms with Gasteiger partial charge in [-0.1, -0.05) is 41.9 Å². The summed E-state index contributed by atoms with van der Waals surface area (Å²) in [4.78, 5) is 0. The van der Waals surface area contributed by atoms with Crippen LogP contribution in [0.1, 0.15) is 37.3 Å². The Kier molecular flexibility index (Phi) is 11.9. The van der Waals surface area contributed by atoms with Crippen molar-refractivity contribution in [3.05, 3.63) is 58.6 Å². The SMILES string of the molecule is CCOc1cccc(CNCCCCCO)c1OCc1ccccc1Cl.Cl. The van der Waals surface area contributed by atoms with Gasteiger partial charge in [-0.15, -0.1) is 12.4 Å². The molecule has 0 radical (unpaired) electrons. The number of unbranched alkanes of at least 4 members (excludes halogenated alkanes) is 2. The molecule has 0 heterocycles. The molecular weight excluding hydrogens is 385 g/mol. The molecule has 0 atom stereocenters. The van der Waals surface area contributed by atoms with Gasteiger partial charge in [-0.3, -0.25) is 0 Å². The second-order valence-electron chi connectivity index (χ2n) is 6.02. The number of nitrogens with one attached hydrogen (secondary N) is 1. The van der Waals surface area contributed by atoms with Crippen molar-refractivity contribution in [2.75, 3.05) is 19.8 Å². The van der Waals surface area contributed by atoms with Crippen molar-refractivity contribution < 1.29 is 14.6 Å². The number of hydrogen-bond donors (Lipinski definition) is 2. The number of benzene rings is 2. The van der Waals surface area contributed by atoms with Crippen molar-refractivity contribution in [2.24, 2.45) is 0 Å². The van der Waals surface area contributed by atoms with Gasteiger partial charge in [0.2, 0.25) is 0 Å². The lowest BCUT2D eigenvalue weighted by Crippen LogP contribution is -2.16. The van der Waals surface area contributed by atoms with Gasteiger partial charge in [-0.05, 0) is 44.9 Å². The molecule has 0 amide bonds. The maximum Gasteiger partial charge on any atom is 0.166 e. The Morgan fingerprint density at radius 2 is 1.74 bits per heavy atom. The molecule has 0 bridgehead atoms. The summed E-state index contributed by atoms with van der Waals surface area (Å²) in [7, 11) is 0. The van der Waals surface area contributed by atoms with Crippen LogP contribution in [-0.2, 0) is 13.2 Å². The van der Waals surface area contributed by atoms with E-state index in [1.165, 1.54) is 0 Å². The minimum absolute atomic E-state index is 0. The number of aliphatic hydroxyl groups excluding tert-OH is 1. The van der Waals surface area contributed by atoms with Crippen LogP contribution in [-0.4, -0.2) is 24.9 Å². The standard InChI is InChI=1S/C21H28ClNO3.ClH/c1-2-25-20-12-8-10-17(15-23-13-6-3-7-14-24)21(20)26-16-18-9-4-5-11-19(18)22;/h4-5,8-12,23-24H,2-3,6-7,13-16H2,1H3;1H. The summed E-state index contributed by atoms with van der Waals surface area (Å²) in [6.45, 7) is 4.81. The van der Waals surface area contributed by atoms with Crippen molar-refractivity contribution in [3.63, 3.8) is 0 Å². The predicted molar refractivity (Wildman–Crippen MR) is 113 cm³/mol. The smallest absolute Gasteiger partial charge is 0.166 e. The average Bonchev–Trinajstić information content (AvgIpc) is 2.65. The van der Waals surface area contributed by atoms with Gasteiger partial charge in [-0.2, -0.15) is 0 Å². The van der Waals surface area contributed by atoms with Crippen LogP contribution in [0.5, 0.6) is 11.5 Å². The van der Waals surface area contributed by atoms with Gasteiger partial charge in [-0.25, -0.2) is 0 Å². The fourth-order valence-electron chi connectivity index (χ4n) is 2.66. The van der Waals surface area contributed by atoms with Crippen LogP contribution in [0.15, 0.2) is 42.5 Å². The summed E-state index contributed by atoms with van der Waals surface area (Å²) >= 11 is 6.23. The van der Waals surface area contributed by atoms with E-state index in [4.69, 9.17) is 26.2 Å². The maximum atomic E-state index is 8.83. The molecule has 0 saturated carbocycles. The van der Waals surface area contributed by atoms with E-state index in [9.17, 15) is 0 Å². The van der Waals surface area contributed by atoms with Gasteiger partial charge >= 0.3 is 0 Å². The lowest BCUT2D eigenvalue weighted by Gasteiger charge is -2.17. The molecule has 2 N–H and O–H groups in total. The Morgan fingerprint density at radius 3 is 2.48 bits per heavy atom. The lowest BCUT2D eigenvalue weighted by molar-refractivity contribution is 0.266. The molecule has 0 saturated heterocycles. The Morgan fingerprint density at radius 1 is 0.963 bits per heavy atom. The highest BCUT2D eigenvalue weighted by Crippen LogP contribution is 2.32. The zero-order chi connectivity index (χ0) is 18.6. The van der Waals surface area contributed by atoms with E-state index in [0.29, 0.717) is 24.8 Å². The number of aliphatic hydroxyl groups is 1. The molecule has 6 heteroatoms. The van der Waals surface area contributed by atoms with Gasteiger partial charge in [0.15, 0.2) is 11.5 Å². The molecule has 150 valence electrons. The monoisotopic (exact) mass is 413 g/mol. The summed E-state index contributed by atoms with van der Waals surface area (Å²) in [6, 6.07) is 13.6. The first kappa shape index (κ1) is 23.6. The number of rotatable bonds is 12. The molecule has 0 fully saturated rings. The molecule has 2 aromatic rings. The molecule has 0 spiro atoms. The highest BCUT2D eigenvalue weighted by atomic mass is 35.5. The van der Waals surface area contributed by atoms with Gasteiger partial charge < -0.3 is 19.9 Å². The zero-order valence-electron chi connectivity index (χ0n) is 15.7. The second kappa shape index (κ2) is 13.7. The van der Waals surface area contributed by atoms with E-state index in [1.807, 2.05) is 49.4 Å². The van der Waals surface area contributed by atoms with Gasteiger partial charge in [0.05, 0.1) is 6.61 Å². The molecule has 2 aromatic carbocycles. The van der Waals surface area contributed by atoms with E-state index >= 15 is 0 Å². The quantitative estimate of drug-likeness (QED) is 0.481. The van der Waals surface area contributed by atoms with Gasteiger partial charge in [0.25, 0.3) is 0 Å². The molecule has 0 aliphatic rings. The van der Waals surface area contributed by atoms with Crippen molar-refractivity contribution in [1.82, 2.24) is 5.32 Å². The van der Waals surface area contributed by atoms with E-state index in [-0.39, 0.29) is 19.0 Å². The third-order valence-electron chi connectivity index (χ3n) is 4.02. The maximum absolute atomic E-state index is 8.83. The topological polar surface area (TPSA) is 50.7 Å². The van der Waals surface area contributed by atoms with Crippen molar-refractivity contribution in [3.8, 4) is 11.5 Å². The Hall–Kier alpha value is -1.46. The number of para-hydroxylation sites is 1. The Bertz CT molecular complexity index is 668. The van der Waals surface area contributed by atoms with Crippen LogP contribution in [0.2, 0.25) is 5.02 Å². The molecule has 2 rings (SSSR count). The zero-order valence-corrected chi connectivity index (χ0v) is 17.3. The number of halogens is 2. The van der Waals surface area contributed by atoms with Crippen molar-refractivity contribution >= 4 is 24.0 Å². The van der Waals surface area contributed by atoms with Gasteiger partial charge in [0, 0.05) is 29.3 Å². The third-order valence-corrected chi connectivity index (χ3v) is 4.39. The number of hydrogen-bond acceptors (Lipinski definition) is 4. The Labute approximate surface area is 173 Å². The first-order valence-corrected chi connectivity index (χ1v) is 9.56. The van der Waals surface area contributed by atoms with E-state index in [1.54, 1.807) is 0 Å². The van der Waals surface area contributed by atoms with Crippen LogP contribution in [0, 0.1) is 0 Å². The van der Waals surface area contributed by atoms with Crippen LogP contribution in [0.4, 0.5) is 0 Å². The summed E-state index contributed by atoms with van der Waals surface area (Å²) in [5.41, 5.74) is 2.01. The van der Waals surface area contributed by atoms with Crippen LogP contribution >= 0.6 is 24.0 Å². The second-order valence-corrected chi connectivity index (χ2v) is 6.43. The largest absolute Gasteiger partial charge is 0.490 e. The van der Waals surface area contributed by atoms with E-state index in [2.05, 4.69) is 5.32 Å². The molecule has 0 aromatic heterocycles. The summed E-state index contributed by atoms with van der Waals surface area (Å²) < 4.78 is 11.8. The molecule has 0 aliphatic heterocycles. The fourth-order valence-corrected chi connectivity index (χ4v) is 2.85. The lowest BCUT2D eigenvalue weighted by atomic mass is 10.1. The summed E-state index contributed by atoms with van der Waals surface area (Å²) in [6.07, 6.45) is 2.92. The molecule has 0 unspecified atom stereocenters. The molecule has 27 heavy (non-hydrogen) atoms. The first-order valence-electron chi connectivity index (χ1n) is 9.18. The molecular formula is C21H29Cl2NO3. The number of ether oxygens (including phenoxy) is 2. The van der Waals surface area contributed by atoms with Crippen molar-refractivity contribution in [1.29, 1.82) is 0 Å². The normalized spacial score (nSPS) is 10.3. The predicted octanol–water partition coefficient (Wildman–Crippen LogP) is 4.99. The highest BCUT2D eigenvalue weighted by Gasteiger charge is 2.12. The van der Waals surface area contributed by atoms with E-state index in [0.717, 1.165) is 48.4 Å². The van der Waals surface area contributed by atoms with Crippen LogP contribution < -0.4 is 14.8 Å². The first-order chi connectivity index (χ1) is 12.8. The minimum Gasteiger partial charge on any atom is -0.490 e. The molecule has 0 aliphatic carbocycles. The van der Waals surface area contributed by atoms with Crippen LogP contribution in [0.25, 0.3) is 0 Å². The fraction of sp³-hybridized carbons (Fsp3) is 0.429. The third kappa shape index (κ3) is 7.97. The Balaban J connectivity index is 0.00000364. The van der Waals surface area contributed by atoms with Crippen LogP contribution in [0.3, 0.4) is 0 Å². The van der Waals surface area contributed by atoms with Gasteiger partial charge in [0.1, 0.15) is 6.61 Å². The van der Waals surface area contributed by atoms with Crippen molar-refractivity contribution in [2.45, 2.75) is 39.3 Å². The average molecular weight is 414 g/mol. The summed E-state index contributed by atoms with van der Waals surface area (Å²) in [5.74, 6) is 1.51. The molecule has 4 nitrogen and oxygen atoms in total. The van der Waals surface area contributed by atoms with E-state index < -0.39 is 0 Å². The highest BCUT2D eigenvalue weighted by molar-refractivity contribution is 6.31. The minimum atomic E-state index is 0. The summed E-state index contributed by atoms with van der Waals surface area (Å²) in [5, 5.41) is 13.0.